The molecule has 0 rings (SSSR count). The fraction of sp³-hybridized carbons (Fsp3) is 0. The van der Waals surface area contributed by atoms with Crippen molar-refractivity contribution < 1.29 is 139 Å². The molecule has 7 nitrogen and oxygen atoms in total. The molecule has 0 aliphatic heterocycles. The molecule has 0 radical (unpaired) electrons. The fourth-order valence-corrected chi connectivity index (χ4v) is 0. The summed E-state index contributed by atoms with van der Waals surface area (Å²) in [5, 5.41) is 16.5. The van der Waals surface area contributed by atoms with Gasteiger partial charge in [0.15, 0.2) is 0 Å². The zero-order valence-corrected chi connectivity index (χ0v) is 12.5. The van der Waals surface area contributed by atoms with Crippen LogP contribution in [0.15, 0.2) is 0 Å². The van der Waals surface area contributed by atoms with Crippen molar-refractivity contribution in [1.82, 2.24) is 0 Å². The fourth-order valence-electron chi connectivity index (χ4n) is 0. The second kappa shape index (κ2) is 81.9. The van der Waals surface area contributed by atoms with E-state index in [-0.39, 0.29) is 119 Å². The molecule has 11 heteroatoms. The Bertz CT molecular complexity index is 35.4. The van der Waals surface area contributed by atoms with Gasteiger partial charge in [0, 0.05) is 0 Å². The Morgan fingerprint density at radius 1 is 0.727 bits per heavy atom. The number of rotatable bonds is 0. The van der Waals surface area contributed by atoms with Crippen molar-refractivity contribution in [1.29, 1.82) is 0 Å². The van der Waals surface area contributed by atoms with E-state index < -0.39 is 14.7 Å². The van der Waals surface area contributed by atoms with Crippen molar-refractivity contribution in [3.8, 4) is 0 Å². The molecule has 0 unspecified atom stereocenters. The molecule has 11 heavy (non-hydrogen) atoms. The molecule has 0 aromatic rings. The van der Waals surface area contributed by atoms with Gasteiger partial charge in [-0.05, 0) is 0 Å². The molecule has 0 aromatic heterocycles. The van der Waals surface area contributed by atoms with E-state index in [2.05, 4.69) is 0 Å². The molecule has 0 aliphatic carbocycles. The largest absolute Gasteiger partial charge is 1.00 e. The summed E-state index contributed by atoms with van der Waals surface area (Å²) in [5.41, 5.74) is 0. The van der Waals surface area contributed by atoms with E-state index in [0.29, 0.717) is 0 Å². The van der Waals surface area contributed by atoms with Gasteiger partial charge in [-0.15, -0.1) is 0 Å². The molecule has 6 N–H and O–H groups in total. The quantitative estimate of drug-likeness (QED) is 0.366. The van der Waals surface area contributed by atoms with Crippen LogP contribution in [0, 0.1) is 0 Å². The van der Waals surface area contributed by atoms with Gasteiger partial charge in [-0.2, -0.15) is 0 Å². The smallest absolute Gasteiger partial charge is 1.00 e. The SMILES string of the molecule is O.O.O.O=B[O-].O=B[O-].[K+].[K+]. The van der Waals surface area contributed by atoms with Crippen molar-refractivity contribution in [2.75, 3.05) is 0 Å². The first-order valence-corrected chi connectivity index (χ1v) is 0.943. The Morgan fingerprint density at radius 2 is 0.727 bits per heavy atom. The van der Waals surface area contributed by atoms with E-state index in [1.165, 1.54) is 0 Å². The maximum Gasteiger partial charge on any atom is 1.00 e. The summed E-state index contributed by atoms with van der Waals surface area (Å²) in [6.07, 6.45) is 0. The van der Waals surface area contributed by atoms with Gasteiger partial charge in [0.25, 0.3) is 0 Å². The summed E-state index contributed by atoms with van der Waals surface area (Å²) in [6.45, 7) is 0. The first-order valence-electron chi connectivity index (χ1n) is 0.943. The van der Waals surface area contributed by atoms with Crippen LogP contribution >= 0.6 is 0 Å². The Kier molecular flexibility index (Phi) is 372. The van der Waals surface area contributed by atoms with Crippen molar-refractivity contribution in [2.45, 2.75) is 0 Å². The second-order valence-electron chi connectivity index (χ2n) is 0.192. The predicted molar refractivity (Wildman–Crippen MR) is 23.7 cm³/mol. The third-order valence-electron chi connectivity index (χ3n) is 0. The van der Waals surface area contributed by atoms with E-state index in [1.54, 1.807) is 0 Å². The molecule has 0 spiro atoms. The van der Waals surface area contributed by atoms with E-state index in [4.69, 9.17) is 19.5 Å². The van der Waals surface area contributed by atoms with Crippen molar-refractivity contribution in [2.24, 2.45) is 0 Å². The molecular formula is H6B2K2O7. The Morgan fingerprint density at radius 3 is 0.727 bits per heavy atom. The number of hydrogen-bond acceptors (Lipinski definition) is 4. The summed E-state index contributed by atoms with van der Waals surface area (Å²) in [6, 6.07) is 0. The molecule has 0 aliphatic rings. The predicted octanol–water partition coefficient (Wildman–Crippen LogP) is -11.8. The summed E-state index contributed by atoms with van der Waals surface area (Å²) in [4.78, 5) is 0. The first-order chi connectivity index (χ1) is 2.83. The maximum atomic E-state index is 8.25. The average Bonchev–Trinajstić information content (AvgIpc) is 1.39. The summed E-state index contributed by atoms with van der Waals surface area (Å²) < 4.78 is 16.5. The van der Waals surface area contributed by atoms with Crippen LogP contribution in [0.3, 0.4) is 0 Å². The maximum absolute atomic E-state index is 8.25. The van der Waals surface area contributed by atoms with E-state index in [9.17, 15) is 0 Å². The van der Waals surface area contributed by atoms with Crippen LogP contribution in [-0.2, 0) is 9.41 Å². The molecule has 0 aromatic carbocycles. The third kappa shape index (κ3) is 223. The van der Waals surface area contributed by atoms with Crippen molar-refractivity contribution in [3.05, 3.63) is 0 Å². The van der Waals surface area contributed by atoms with E-state index in [1.807, 2.05) is 0 Å². The van der Waals surface area contributed by atoms with Gasteiger partial charge in [0.05, 0.1) is 0 Å². The van der Waals surface area contributed by atoms with Gasteiger partial charge in [0.1, 0.15) is 0 Å². The molecule has 0 atom stereocenters. The van der Waals surface area contributed by atoms with Gasteiger partial charge in [-0.3, -0.25) is 0 Å². The molecule has 0 saturated heterocycles. The molecule has 0 amide bonds. The van der Waals surface area contributed by atoms with Crippen LogP contribution < -0.4 is 113 Å². The minimum atomic E-state index is -0.500. The topological polar surface area (TPSA) is 175 Å². The van der Waals surface area contributed by atoms with Crippen LogP contribution in [0.5, 0.6) is 0 Å². The minimum absolute atomic E-state index is 0. The van der Waals surface area contributed by atoms with Crippen molar-refractivity contribution >= 4 is 14.7 Å². The monoisotopic (exact) mass is 218 g/mol. The van der Waals surface area contributed by atoms with E-state index in [0.717, 1.165) is 0 Å². The zero-order chi connectivity index (χ0) is 5.41. The minimum Gasteiger partial charge on any atom is 1.00 e. The Labute approximate surface area is 150 Å². The van der Waals surface area contributed by atoms with Gasteiger partial charge in [-0.1, -0.05) is 0 Å². The molecular weight excluding hydrogens is 212 g/mol. The molecule has 0 bridgehead atoms. The van der Waals surface area contributed by atoms with Crippen LogP contribution in [0.25, 0.3) is 0 Å². The third-order valence-corrected chi connectivity index (χ3v) is 0. The second-order valence-corrected chi connectivity index (χ2v) is 0.192. The average molecular weight is 218 g/mol. The van der Waals surface area contributed by atoms with Crippen LogP contribution in [0.1, 0.15) is 0 Å². The molecule has 0 saturated carbocycles. The Balaban J connectivity index is -0.00000000400. The van der Waals surface area contributed by atoms with Gasteiger partial charge >= 0.3 is 137 Å². The standard InChI is InChI=1S/2BO2.2K.3H2O/c2*2-1-3;;;;;/h;;;;3*1H2/q2*-1;2*+1;;;. The Hall–Kier alpha value is 2.48. The van der Waals surface area contributed by atoms with Crippen LogP contribution in [0.2, 0.25) is 0 Å². The number of hydrogen-bond donors (Lipinski definition) is 0. The zero-order valence-electron chi connectivity index (χ0n) is 6.29. The summed E-state index contributed by atoms with van der Waals surface area (Å²) in [5.74, 6) is 0. The summed E-state index contributed by atoms with van der Waals surface area (Å²) >= 11 is 0. The normalized spacial score (nSPS) is 1.45. The van der Waals surface area contributed by atoms with Gasteiger partial charge < -0.3 is 16.4 Å². The van der Waals surface area contributed by atoms with Crippen molar-refractivity contribution in [3.63, 3.8) is 0 Å². The van der Waals surface area contributed by atoms with Gasteiger partial charge in [-0.25, -0.2) is 0 Å². The van der Waals surface area contributed by atoms with Crippen LogP contribution in [0.4, 0.5) is 0 Å². The molecule has 0 heterocycles. The molecule has 56 valence electrons. The summed E-state index contributed by atoms with van der Waals surface area (Å²) in [7, 11) is -1.00. The molecule has 0 fully saturated rings. The van der Waals surface area contributed by atoms with Crippen LogP contribution in [-0.4, -0.2) is 31.1 Å². The van der Waals surface area contributed by atoms with Gasteiger partial charge in [0.2, 0.25) is 0 Å². The van der Waals surface area contributed by atoms with E-state index >= 15 is 0 Å². The first kappa shape index (κ1) is 50.0.